The van der Waals surface area contributed by atoms with Crippen molar-refractivity contribution in [1.82, 2.24) is 4.57 Å². The molecule has 6 nitrogen and oxygen atoms in total. The van der Waals surface area contributed by atoms with E-state index >= 15 is 0 Å². The van der Waals surface area contributed by atoms with Crippen LogP contribution in [-0.2, 0) is 6.54 Å². The van der Waals surface area contributed by atoms with Crippen molar-refractivity contribution in [3.05, 3.63) is 58.2 Å². The SMILES string of the molecule is CCn1c(-c2ccc(OC)cc2)cs/c1=N\N=C/c1ccc(OC)c(OC)c1. The zero-order valence-corrected chi connectivity index (χ0v) is 17.2. The van der Waals surface area contributed by atoms with Crippen molar-refractivity contribution in [2.75, 3.05) is 21.3 Å². The van der Waals surface area contributed by atoms with Gasteiger partial charge >= 0.3 is 0 Å². The normalized spacial score (nSPS) is 11.8. The fourth-order valence-electron chi connectivity index (χ4n) is 2.79. The van der Waals surface area contributed by atoms with Crippen LogP contribution < -0.4 is 19.0 Å². The molecule has 0 aliphatic heterocycles. The molecule has 0 aliphatic rings. The number of thiazole rings is 1. The third kappa shape index (κ3) is 4.26. The van der Waals surface area contributed by atoms with Gasteiger partial charge in [0, 0.05) is 11.9 Å². The minimum Gasteiger partial charge on any atom is -0.497 e. The van der Waals surface area contributed by atoms with E-state index < -0.39 is 0 Å². The maximum absolute atomic E-state index is 5.32. The number of aromatic nitrogens is 1. The molecule has 0 spiro atoms. The van der Waals surface area contributed by atoms with Gasteiger partial charge in [0.05, 0.1) is 33.2 Å². The Labute approximate surface area is 168 Å². The molecule has 28 heavy (non-hydrogen) atoms. The van der Waals surface area contributed by atoms with Crippen LogP contribution in [0.4, 0.5) is 0 Å². The summed E-state index contributed by atoms with van der Waals surface area (Å²) < 4.78 is 17.9. The molecule has 1 heterocycles. The van der Waals surface area contributed by atoms with Crippen molar-refractivity contribution in [2.45, 2.75) is 13.5 Å². The molecular formula is C21H23N3O3S. The molecule has 0 atom stereocenters. The highest BCUT2D eigenvalue weighted by Gasteiger charge is 2.07. The van der Waals surface area contributed by atoms with E-state index in [2.05, 4.69) is 27.1 Å². The van der Waals surface area contributed by atoms with E-state index in [1.165, 1.54) is 0 Å². The highest BCUT2D eigenvalue weighted by molar-refractivity contribution is 7.07. The number of methoxy groups -OCH3 is 3. The molecule has 0 fully saturated rings. The molecule has 0 saturated carbocycles. The molecule has 2 aromatic carbocycles. The molecule has 0 amide bonds. The second-order valence-electron chi connectivity index (χ2n) is 5.84. The van der Waals surface area contributed by atoms with Crippen molar-refractivity contribution in [3.63, 3.8) is 0 Å². The molecule has 3 rings (SSSR count). The average Bonchev–Trinajstić information content (AvgIpc) is 3.16. The van der Waals surface area contributed by atoms with Crippen LogP contribution in [0.25, 0.3) is 11.3 Å². The van der Waals surface area contributed by atoms with Crippen LogP contribution in [0.1, 0.15) is 12.5 Å². The molecule has 146 valence electrons. The Morgan fingerprint density at radius 2 is 1.71 bits per heavy atom. The van der Waals surface area contributed by atoms with Gasteiger partial charge in [-0.15, -0.1) is 16.4 Å². The van der Waals surface area contributed by atoms with Gasteiger partial charge < -0.3 is 18.8 Å². The van der Waals surface area contributed by atoms with Crippen molar-refractivity contribution in [1.29, 1.82) is 0 Å². The molecule has 0 bridgehead atoms. The number of hydrogen-bond donors (Lipinski definition) is 0. The molecule has 0 N–H and O–H groups in total. The van der Waals surface area contributed by atoms with Gasteiger partial charge in [0.1, 0.15) is 5.75 Å². The van der Waals surface area contributed by atoms with Gasteiger partial charge in [0.25, 0.3) is 0 Å². The predicted molar refractivity (Wildman–Crippen MR) is 113 cm³/mol. The van der Waals surface area contributed by atoms with Crippen LogP contribution in [0, 0.1) is 0 Å². The van der Waals surface area contributed by atoms with E-state index in [9.17, 15) is 0 Å². The first kappa shape index (κ1) is 19.7. The maximum atomic E-state index is 5.32. The Balaban J connectivity index is 1.88. The lowest BCUT2D eigenvalue weighted by molar-refractivity contribution is 0.355. The van der Waals surface area contributed by atoms with E-state index in [0.717, 1.165) is 33.9 Å². The smallest absolute Gasteiger partial charge is 0.211 e. The van der Waals surface area contributed by atoms with Crippen LogP contribution in [0.2, 0.25) is 0 Å². The van der Waals surface area contributed by atoms with Crippen LogP contribution in [0.15, 0.2) is 58.0 Å². The zero-order chi connectivity index (χ0) is 19.9. The topological polar surface area (TPSA) is 57.3 Å². The first-order valence-electron chi connectivity index (χ1n) is 8.82. The Bertz CT molecular complexity index is 1020. The van der Waals surface area contributed by atoms with Gasteiger partial charge in [-0.1, -0.05) is 0 Å². The number of hydrogen-bond acceptors (Lipinski definition) is 6. The lowest BCUT2D eigenvalue weighted by Gasteiger charge is -2.07. The van der Waals surface area contributed by atoms with Gasteiger partial charge in [0.2, 0.25) is 4.80 Å². The number of ether oxygens (including phenoxy) is 3. The van der Waals surface area contributed by atoms with Crippen LogP contribution in [0.3, 0.4) is 0 Å². The Hall–Kier alpha value is -3.06. The summed E-state index contributed by atoms with van der Waals surface area (Å²) in [6.45, 7) is 2.90. The Morgan fingerprint density at radius 3 is 2.36 bits per heavy atom. The summed E-state index contributed by atoms with van der Waals surface area (Å²) in [6, 6.07) is 13.6. The summed E-state index contributed by atoms with van der Waals surface area (Å²) >= 11 is 1.56. The standard InChI is InChI=1S/C21H23N3O3S/c1-5-24-18(16-7-9-17(25-2)10-8-16)14-28-21(24)23-22-13-15-6-11-19(26-3)20(12-15)27-4/h6-14H,5H2,1-4H3/b22-13-,23-21-. The van der Waals surface area contributed by atoms with E-state index in [4.69, 9.17) is 14.2 Å². The largest absolute Gasteiger partial charge is 0.497 e. The third-order valence-electron chi connectivity index (χ3n) is 4.26. The van der Waals surface area contributed by atoms with E-state index in [0.29, 0.717) is 11.5 Å². The number of benzene rings is 2. The van der Waals surface area contributed by atoms with Crippen molar-refractivity contribution < 1.29 is 14.2 Å². The molecule has 0 aliphatic carbocycles. The van der Waals surface area contributed by atoms with Gasteiger partial charge in [-0.3, -0.25) is 0 Å². The minimum atomic E-state index is 0.660. The van der Waals surface area contributed by atoms with Crippen molar-refractivity contribution in [3.8, 4) is 28.5 Å². The first-order valence-corrected chi connectivity index (χ1v) is 9.70. The summed E-state index contributed by atoms with van der Waals surface area (Å²) in [5.74, 6) is 2.18. The third-order valence-corrected chi connectivity index (χ3v) is 5.11. The summed E-state index contributed by atoms with van der Waals surface area (Å²) in [4.78, 5) is 0.838. The Kier molecular flexibility index (Phi) is 6.49. The fraction of sp³-hybridized carbons (Fsp3) is 0.238. The monoisotopic (exact) mass is 397 g/mol. The lowest BCUT2D eigenvalue weighted by Crippen LogP contribution is -2.14. The van der Waals surface area contributed by atoms with Crippen LogP contribution >= 0.6 is 11.3 Å². The molecule has 0 saturated heterocycles. The Morgan fingerprint density at radius 1 is 0.964 bits per heavy atom. The highest BCUT2D eigenvalue weighted by Crippen LogP contribution is 2.27. The summed E-state index contributed by atoms with van der Waals surface area (Å²) in [5.41, 5.74) is 3.11. The van der Waals surface area contributed by atoms with E-state index in [1.807, 2.05) is 42.5 Å². The van der Waals surface area contributed by atoms with E-state index in [1.54, 1.807) is 38.9 Å². The lowest BCUT2D eigenvalue weighted by atomic mass is 10.1. The second kappa shape index (κ2) is 9.23. The van der Waals surface area contributed by atoms with Gasteiger partial charge in [0.15, 0.2) is 11.5 Å². The molecule has 3 aromatic rings. The minimum absolute atomic E-state index is 0.660. The molecule has 0 radical (unpaired) electrons. The van der Waals surface area contributed by atoms with Crippen LogP contribution in [-0.4, -0.2) is 32.1 Å². The molecule has 0 unspecified atom stereocenters. The predicted octanol–water partition coefficient (Wildman–Crippen LogP) is 4.20. The van der Waals surface area contributed by atoms with Gasteiger partial charge in [-0.05, 0) is 60.5 Å². The zero-order valence-electron chi connectivity index (χ0n) is 16.4. The molecule has 7 heteroatoms. The molecule has 1 aromatic heterocycles. The second-order valence-corrected chi connectivity index (χ2v) is 6.67. The van der Waals surface area contributed by atoms with Crippen molar-refractivity contribution in [2.24, 2.45) is 10.2 Å². The quantitative estimate of drug-likeness (QED) is 0.444. The summed E-state index contributed by atoms with van der Waals surface area (Å²) in [7, 11) is 4.89. The average molecular weight is 398 g/mol. The fourth-order valence-corrected chi connectivity index (χ4v) is 3.71. The number of nitrogens with zero attached hydrogens (tertiary/aromatic N) is 3. The van der Waals surface area contributed by atoms with Gasteiger partial charge in [-0.2, -0.15) is 5.10 Å². The highest BCUT2D eigenvalue weighted by atomic mass is 32.1. The first-order chi connectivity index (χ1) is 13.7. The van der Waals surface area contributed by atoms with Crippen molar-refractivity contribution >= 4 is 17.6 Å². The number of rotatable bonds is 7. The van der Waals surface area contributed by atoms with E-state index in [-0.39, 0.29) is 0 Å². The van der Waals surface area contributed by atoms with Gasteiger partial charge in [-0.25, -0.2) is 0 Å². The summed E-state index contributed by atoms with van der Waals surface area (Å²) in [5, 5.41) is 10.8. The summed E-state index contributed by atoms with van der Waals surface area (Å²) in [6.07, 6.45) is 1.70. The molecular weight excluding hydrogens is 374 g/mol. The maximum Gasteiger partial charge on any atom is 0.211 e. The van der Waals surface area contributed by atoms with Crippen LogP contribution in [0.5, 0.6) is 17.2 Å².